The standard InChI is InChI=1S/C8H17N3O/c1-6(8(12)11(2)3)10-7-4-9-5-7/h6-7,9-10H,4-5H2,1-3H3. The predicted molar refractivity (Wildman–Crippen MR) is 47.9 cm³/mol. The van der Waals surface area contributed by atoms with Crippen LogP contribution < -0.4 is 10.6 Å². The minimum Gasteiger partial charge on any atom is -0.347 e. The van der Waals surface area contributed by atoms with E-state index >= 15 is 0 Å². The Morgan fingerprint density at radius 1 is 1.58 bits per heavy atom. The second-order valence-electron chi connectivity index (χ2n) is 3.48. The largest absolute Gasteiger partial charge is 0.347 e. The van der Waals surface area contributed by atoms with Gasteiger partial charge in [0, 0.05) is 33.2 Å². The average Bonchev–Trinajstić information content (AvgIpc) is 1.94. The van der Waals surface area contributed by atoms with Gasteiger partial charge in [0.1, 0.15) is 0 Å². The Hall–Kier alpha value is -0.610. The Labute approximate surface area is 73.3 Å². The van der Waals surface area contributed by atoms with E-state index in [2.05, 4.69) is 10.6 Å². The van der Waals surface area contributed by atoms with Crippen LogP contribution in [0.5, 0.6) is 0 Å². The third-order valence-electron chi connectivity index (χ3n) is 2.08. The molecule has 1 rings (SSSR count). The van der Waals surface area contributed by atoms with Crippen molar-refractivity contribution in [3.05, 3.63) is 0 Å². The van der Waals surface area contributed by atoms with Gasteiger partial charge in [0.25, 0.3) is 0 Å². The van der Waals surface area contributed by atoms with E-state index in [1.165, 1.54) is 0 Å². The summed E-state index contributed by atoms with van der Waals surface area (Å²) >= 11 is 0. The van der Waals surface area contributed by atoms with Crippen LogP contribution in [0.25, 0.3) is 0 Å². The van der Waals surface area contributed by atoms with Crippen molar-refractivity contribution in [2.75, 3.05) is 27.2 Å². The highest BCUT2D eigenvalue weighted by atomic mass is 16.2. The van der Waals surface area contributed by atoms with Gasteiger partial charge in [0.15, 0.2) is 0 Å². The molecular weight excluding hydrogens is 154 g/mol. The van der Waals surface area contributed by atoms with Crippen LogP contribution in [0.4, 0.5) is 0 Å². The zero-order chi connectivity index (χ0) is 9.14. The van der Waals surface area contributed by atoms with Gasteiger partial charge in [-0.2, -0.15) is 0 Å². The first-order chi connectivity index (χ1) is 5.61. The van der Waals surface area contributed by atoms with E-state index < -0.39 is 0 Å². The second-order valence-corrected chi connectivity index (χ2v) is 3.48. The van der Waals surface area contributed by atoms with Crippen molar-refractivity contribution in [3.63, 3.8) is 0 Å². The topological polar surface area (TPSA) is 44.4 Å². The highest BCUT2D eigenvalue weighted by Gasteiger charge is 2.22. The minimum atomic E-state index is -0.0629. The first-order valence-corrected chi connectivity index (χ1v) is 4.29. The van der Waals surface area contributed by atoms with Crippen LogP contribution in [0.15, 0.2) is 0 Å². The number of nitrogens with one attached hydrogen (secondary N) is 2. The molecule has 0 aromatic carbocycles. The summed E-state index contributed by atoms with van der Waals surface area (Å²) in [4.78, 5) is 13.0. The molecule has 12 heavy (non-hydrogen) atoms. The molecular formula is C8H17N3O. The van der Waals surface area contributed by atoms with Crippen molar-refractivity contribution in [3.8, 4) is 0 Å². The molecule has 1 heterocycles. The molecule has 1 atom stereocenters. The van der Waals surface area contributed by atoms with Crippen LogP contribution in [-0.2, 0) is 4.79 Å². The number of hydrogen-bond acceptors (Lipinski definition) is 3. The number of nitrogens with zero attached hydrogens (tertiary/aromatic N) is 1. The van der Waals surface area contributed by atoms with Gasteiger partial charge in [0.2, 0.25) is 5.91 Å². The maximum Gasteiger partial charge on any atom is 0.238 e. The summed E-state index contributed by atoms with van der Waals surface area (Å²) in [6.45, 7) is 3.86. The molecule has 2 N–H and O–H groups in total. The summed E-state index contributed by atoms with van der Waals surface area (Å²) in [6, 6.07) is 0.413. The lowest BCUT2D eigenvalue weighted by molar-refractivity contribution is -0.130. The Balaban J connectivity index is 2.26. The van der Waals surface area contributed by atoms with E-state index in [0.29, 0.717) is 6.04 Å². The van der Waals surface area contributed by atoms with Crippen molar-refractivity contribution < 1.29 is 4.79 Å². The normalized spacial score (nSPS) is 19.9. The fraction of sp³-hybridized carbons (Fsp3) is 0.875. The van der Waals surface area contributed by atoms with Crippen LogP contribution in [0, 0.1) is 0 Å². The summed E-state index contributed by atoms with van der Waals surface area (Å²) in [5, 5.41) is 6.39. The first-order valence-electron chi connectivity index (χ1n) is 4.29. The SMILES string of the molecule is CC(NC1CNC1)C(=O)N(C)C. The number of carbonyl (C=O) groups is 1. The fourth-order valence-electron chi connectivity index (χ4n) is 1.22. The molecule has 0 aliphatic carbocycles. The number of amides is 1. The fourth-order valence-corrected chi connectivity index (χ4v) is 1.22. The monoisotopic (exact) mass is 171 g/mol. The van der Waals surface area contributed by atoms with Crippen LogP contribution >= 0.6 is 0 Å². The van der Waals surface area contributed by atoms with E-state index in [9.17, 15) is 4.79 Å². The highest BCUT2D eigenvalue weighted by molar-refractivity contribution is 5.80. The lowest BCUT2D eigenvalue weighted by Gasteiger charge is -2.31. The van der Waals surface area contributed by atoms with Gasteiger partial charge in [-0.1, -0.05) is 0 Å². The third-order valence-corrected chi connectivity index (χ3v) is 2.08. The quantitative estimate of drug-likeness (QED) is 0.574. The van der Waals surface area contributed by atoms with Gasteiger partial charge >= 0.3 is 0 Å². The lowest BCUT2D eigenvalue weighted by atomic mass is 10.1. The maximum absolute atomic E-state index is 11.4. The van der Waals surface area contributed by atoms with Crippen LogP contribution in [0.1, 0.15) is 6.92 Å². The number of rotatable bonds is 3. The molecule has 1 unspecified atom stereocenters. The van der Waals surface area contributed by atoms with Crippen LogP contribution in [0.3, 0.4) is 0 Å². The number of carbonyl (C=O) groups excluding carboxylic acids is 1. The summed E-state index contributed by atoms with van der Waals surface area (Å²) in [7, 11) is 3.55. The van der Waals surface area contributed by atoms with Crippen LogP contribution in [0.2, 0.25) is 0 Å². The molecule has 1 amide bonds. The Kier molecular flexibility index (Phi) is 3.05. The highest BCUT2D eigenvalue weighted by Crippen LogP contribution is 1.95. The molecule has 0 aromatic rings. The molecule has 0 bridgehead atoms. The lowest BCUT2D eigenvalue weighted by Crippen LogP contribution is -2.59. The van der Waals surface area contributed by atoms with E-state index in [-0.39, 0.29) is 11.9 Å². The molecule has 1 saturated heterocycles. The predicted octanol–water partition coefficient (Wildman–Crippen LogP) is -0.975. The van der Waals surface area contributed by atoms with Gasteiger partial charge in [-0.25, -0.2) is 0 Å². The molecule has 70 valence electrons. The zero-order valence-corrected chi connectivity index (χ0v) is 7.92. The van der Waals surface area contributed by atoms with Crippen LogP contribution in [-0.4, -0.2) is 50.1 Å². The summed E-state index contributed by atoms with van der Waals surface area (Å²) in [5.74, 6) is 0.141. The Morgan fingerprint density at radius 3 is 2.50 bits per heavy atom. The molecule has 4 heteroatoms. The average molecular weight is 171 g/mol. The summed E-state index contributed by atoms with van der Waals surface area (Å²) in [6.07, 6.45) is 0. The molecule has 0 spiro atoms. The van der Waals surface area contributed by atoms with Gasteiger partial charge in [-0.15, -0.1) is 0 Å². The minimum absolute atomic E-state index is 0.0629. The zero-order valence-electron chi connectivity index (χ0n) is 7.92. The van der Waals surface area contributed by atoms with Crippen molar-refractivity contribution >= 4 is 5.91 Å². The van der Waals surface area contributed by atoms with Gasteiger partial charge in [0.05, 0.1) is 6.04 Å². The van der Waals surface area contributed by atoms with Crippen molar-refractivity contribution in [1.82, 2.24) is 15.5 Å². The maximum atomic E-state index is 11.4. The third kappa shape index (κ3) is 2.19. The van der Waals surface area contributed by atoms with Crippen molar-refractivity contribution in [1.29, 1.82) is 0 Å². The van der Waals surface area contributed by atoms with E-state index in [1.54, 1.807) is 19.0 Å². The smallest absolute Gasteiger partial charge is 0.238 e. The summed E-state index contributed by atoms with van der Waals surface area (Å²) < 4.78 is 0. The van der Waals surface area contributed by atoms with Gasteiger partial charge < -0.3 is 15.5 Å². The molecule has 4 nitrogen and oxygen atoms in total. The molecule has 1 aliphatic heterocycles. The molecule has 1 aliphatic rings. The van der Waals surface area contributed by atoms with E-state index in [1.807, 2.05) is 6.92 Å². The summed E-state index contributed by atoms with van der Waals surface area (Å²) in [5.41, 5.74) is 0. The van der Waals surface area contributed by atoms with Gasteiger partial charge in [-0.05, 0) is 6.92 Å². The van der Waals surface area contributed by atoms with E-state index in [4.69, 9.17) is 0 Å². The van der Waals surface area contributed by atoms with Crippen molar-refractivity contribution in [2.45, 2.75) is 19.0 Å². The Morgan fingerprint density at radius 2 is 2.17 bits per heavy atom. The van der Waals surface area contributed by atoms with Crippen molar-refractivity contribution in [2.24, 2.45) is 0 Å². The molecule has 0 radical (unpaired) electrons. The number of likely N-dealkylation sites (N-methyl/N-ethyl adjacent to an activating group) is 1. The van der Waals surface area contributed by atoms with Gasteiger partial charge in [-0.3, -0.25) is 4.79 Å². The molecule has 0 aromatic heterocycles. The first kappa shape index (κ1) is 9.48. The van der Waals surface area contributed by atoms with E-state index in [0.717, 1.165) is 13.1 Å². The molecule has 1 fully saturated rings. The second kappa shape index (κ2) is 3.87. The Bertz CT molecular complexity index is 166. The molecule has 0 saturated carbocycles. The number of hydrogen-bond donors (Lipinski definition) is 2.